The first-order valence-corrected chi connectivity index (χ1v) is 6.93. The maximum atomic E-state index is 11.9. The van der Waals surface area contributed by atoms with Gasteiger partial charge in [-0.15, -0.1) is 0 Å². The standard InChI is InChI=1S/C16H23N3O2/c1-19(2)11-13-21-12-10-18-16(20)15-7-5-14(6-8-15)4-3-9-17/h5-8H,9-13,17H2,1-2H3,(H,18,20). The molecule has 0 saturated heterocycles. The summed E-state index contributed by atoms with van der Waals surface area (Å²) in [5.74, 6) is 5.58. The second-order valence-electron chi connectivity index (χ2n) is 4.75. The van der Waals surface area contributed by atoms with Gasteiger partial charge in [-0.3, -0.25) is 4.79 Å². The minimum Gasteiger partial charge on any atom is -0.378 e. The summed E-state index contributed by atoms with van der Waals surface area (Å²) >= 11 is 0. The average Bonchev–Trinajstić information content (AvgIpc) is 2.48. The van der Waals surface area contributed by atoms with E-state index in [0.29, 0.717) is 31.9 Å². The van der Waals surface area contributed by atoms with Gasteiger partial charge in [-0.25, -0.2) is 0 Å². The Hall–Kier alpha value is -1.87. The van der Waals surface area contributed by atoms with E-state index in [1.165, 1.54) is 0 Å². The van der Waals surface area contributed by atoms with Gasteiger partial charge in [0.2, 0.25) is 0 Å². The number of nitrogens with two attached hydrogens (primary N) is 1. The fourth-order valence-corrected chi connectivity index (χ4v) is 1.55. The van der Waals surface area contributed by atoms with E-state index in [9.17, 15) is 4.79 Å². The van der Waals surface area contributed by atoms with Crippen molar-refractivity contribution in [3.05, 3.63) is 35.4 Å². The molecule has 0 aliphatic heterocycles. The molecule has 0 aliphatic rings. The normalized spacial score (nSPS) is 10.1. The Morgan fingerprint density at radius 2 is 2.00 bits per heavy atom. The molecule has 0 radical (unpaired) electrons. The molecule has 1 aromatic carbocycles. The molecule has 1 rings (SSSR count). The van der Waals surface area contributed by atoms with Crippen molar-refractivity contribution in [3.63, 3.8) is 0 Å². The van der Waals surface area contributed by atoms with Crippen LogP contribution in [0.25, 0.3) is 0 Å². The van der Waals surface area contributed by atoms with E-state index in [-0.39, 0.29) is 5.91 Å². The van der Waals surface area contributed by atoms with Crippen LogP contribution in [0.5, 0.6) is 0 Å². The van der Waals surface area contributed by atoms with E-state index in [1.54, 1.807) is 12.1 Å². The summed E-state index contributed by atoms with van der Waals surface area (Å²) in [6, 6.07) is 7.13. The summed E-state index contributed by atoms with van der Waals surface area (Å²) in [6.45, 7) is 2.88. The minimum absolute atomic E-state index is 0.107. The molecule has 0 spiro atoms. The number of nitrogens with zero attached hydrogens (tertiary/aromatic N) is 1. The number of hydrogen-bond donors (Lipinski definition) is 2. The van der Waals surface area contributed by atoms with E-state index in [1.807, 2.05) is 31.1 Å². The van der Waals surface area contributed by atoms with Crippen molar-refractivity contribution in [1.82, 2.24) is 10.2 Å². The Bertz CT molecular complexity index is 486. The Labute approximate surface area is 126 Å². The van der Waals surface area contributed by atoms with Crippen molar-refractivity contribution in [2.24, 2.45) is 5.73 Å². The molecule has 0 fully saturated rings. The zero-order valence-electron chi connectivity index (χ0n) is 12.7. The molecule has 5 nitrogen and oxygen atoms in total. The van der Waals surface area contributed by atoms with Crippen LogP contribution < -0.4 is 11.1 Å². The Morgan fingerprint density at radius 1 is 1.29 bits per heavy atom. The molecule has 5 heteroatoms. The number of amides is 1. The molecule has 0 atom stereocenters. The van der Waals surface area contributed by atoms with Crippen molar-refractivity contribution in [1.29, 1.82) is 0 Å². The van der Waals surface area contributed by atoms with Crippen molar-refractivity contribution < 1.29 is 9.53 Å². The molecule has 0 aromatic heterocycles. The van der Waals surface area contributed by atoms with Gasteiger partial charge in [-0.05, 0) is 38.4 Å². The zero-order valence-corrected chi connectivity index (χ0v) is 12.7. The topological polar surface area (TPSA) is 67.6 Å². The average molecular weight is 289 g/mol. The molecule has 0 saturated carbocycles. The van der Waals surface area contributed by atoms with E-state index in [2.05, 4.69) is 17.2 Å². The van der Waals surface area contributed by atoms with E-state index in [0.717, 1.165) is 12.1 Å². The first kappa shape index (κ1) is 17.2. The largest absolute Gasteiger partial charge is 0.378 e. The van der Waals surface area contributed by atoms with Gasteiger partial charge in [0.05, 0.1) is 19.8 Å². The third-order valence-electron chi connectivity index (χ3n) is 2.70. The number of benzene rings is 1. The van der Waals surface area contributed by atoms with Gasteiger partial charge in [-0.2, -0.15) is 0 Å². The third kappa shape index (κ3) is 7.47. The molecule has 3 N–H and O–H groups in total. The summed E-state index contributed by atoms with van der Waals surface area (Å²) in [5.41, 5.74) is 6.77. The van der Waals surface area contributed by atoms with Crippen LogP contribution in [-0.4, -0.2) is 57.8 Å². The quantitative estimate of drug-likeness (QED) is 0.560. The molecule has 0 unspecified atom stereocenters. The number of carbonyl (C=O) groups is 1. The lowest BCUT2D eigenvalue weighted by atomic mass is 10.1. The van der Waals surface area contributed by atoms with Crippen LogP contribution in [0.1, 0.15) is 15.9 Å². The summed E-state index contributed by atoms with van der Waals surface area (Å²) in [6.07, 6.45) is 0. The van der Waals surface area contributed by atoms with E-state index in [4.69, 9.17) is 10.5 Å². The fourth-order valence-electron chi connectivity index (χ4n) is 1.55. The molecular weight excluding hydrogens is 266 g/mol. The lowest BCUT2D eigenvalue weighted by Crippen LogP contribution is -2.28. The number of rotatable bonds is 7. The SMILES string of the molecule is CN(C)CCOCCNC(=O)c1ccc(C#CCN)cc1. The maximum Gasteiger partial charge on any atom is 0.251 e. The van der Waals surface area contributed by atoms with Gasteiger partial charge in [0.25, 0.3) is 5.91 Å². The number of nitrogens with one attached hydrogen (secondary N) is 1. The van der Waals surface area contributed by atoms with Gasteiger partial charge in [0.15, 0.2) is 0 Å². The lowest BCUT2D eigenvalue weighted by molar-refractivity contribution is 0.0900. The number of hydrogen-bond acceptors (Lipinski definition) is 4. The first-order valence-electron chi connectivity index (χ1n) is 6.93. The molecule has 114 valence electrons. The third-order valence-corrected chi connectivity index (χ3v) is 2.70. The Morgan fingerprint density at radius 3 is 2.62 bits per heavy atom. The fraction of sp³-hybridized carbons (Fsp3) is 0.438. The van der Waals surface area contributed by atoms with Crippen LogP contribution in [0, 0.1) is 11.8 Å². The van der Waals surface area contributed by atoms with Gasteiger partial charge in [0, 0.05) is 24.2 Å². The van der Waals surface area contributed by atoms with Crippen LogP contribution in [0.4, 0.5) is 0 Å². The molecule has 0 heterocycles. The highest BCUT2D eigenvalue weighted by Gasteiger charge is 2.03. The highest BCUT2D eigenvalue weighted by atomic mass is 16.5. The zero-order chi connectivity index (χ0) is 15.5. The van der Waals surface area contributed by atoms with Crippen molar-refractivity contribution in [2.45, 2.75) is 0 Å². The van der Waals surface area contributed by atoms with Crippen molar-refractivity contribution in [2.75, 3.05) is 46.9 Å². The maximum absolute atomic E-state index is 11.9. The highest BCUT2D eigenvalue weighted by molar-refractivity contribution is 5.94. The van der Waals surface area contributed by atoms with E-state index >= 15 is 0 Å². The van der Waals surface area contributed by atoms with Crippen LogP contribution in [0.2, 0.25) is 0 Å². The van der Waals surface area contributed by atoms with Gasteiger partial charge in [-0.1, -0.05) is 11.8 Å². The van der Waals surface area contributed by atoms with Crippen LogP contribution in [0.3, 0.4) is 0 Å². The van der Waals surface area contributed by atoms with Crippen LogP contribution >= 0.6 is 0 Å². The van der Waals surface area contributed by atoms with Gasteiger partial charge in [0.1, 0.15) is 0 Å². The lowest BCUT2D eigenvalue weighted by Gasteiger charge is -2.10. The van der Waals surface area contributed by atoms with Crippen molar-refractivity contribution in [3.8, 4) is 11.8 Å². The number of carbonyl (C=O) groups excluding carboxylic acids is 1. The first-order chi connectivity index (χ1) is 10.1. The predicted molar refractivity (Wildman–Crippen MR) is 84.1 cm³/mol. The van der Waals surface area contributed by atoms with Crippen molar-refractivity contribution >= 4 is 5.91 Å². The van der Waals surface area contributed by atoms with Crippen LogP contribution in [0.15, 0.2) is 24.3 Å². The van der Waals surface area contributed by atoms with Gasteiger partial charge >= 0.3 is 0 Å². The Balaban J connectivity index is 2.29. The highest BCUT2D eigenvalue weighted by Crippen LogP contribution is 2.03. The summed E-state index contributed by atoms with van der Waals surface area (Å²) in [7, 11) is 3.99. The molecule has 0 aliphatic carbocycles. The molecule has 0 bridgehead atoms. The summed E-state index contributed by atoms with van der Waals surface area (Å²) in [4.78, 5) is 13.9. The second kappa shape index (κ2) is 9.94. The minimum atomic E-state index is -0.107. The molecule has 1 amide bonds. The van der Waals surface area contributed by atoms with Gasteiger partial charge < -0.3 is 20.7 Å². The molecule has 21 heavy (non-hydrogen) atoms. The second-order valence-corrected chi connectivity index (χ2v) is 4.75. The molecular formula is C16H23N3O2. The predicted octanol–water partition coefficient (Wildman–Crippen LogP) is 0.305. The van der Waals surface area contributed by atoms with Crippen LogP contribution in [-0.2, 0) is 4.74 Å². The summed E-state index contributed by atoms with van der Waals surface area (Å²) in [5, 5.41) is 2.82. The smallest absolute Gasteiger partial charge is 0.251 e. The summed E-state index contributed by atoms with van der Waals surface area (Å²) < 4.78 is 5.41. The van der Waals surface area contributed by atoms with E-state index < -0.39 is 0 Å². The Kier molecular flexibility index (Phi) is 8.14. The monoisotopic (exact) mass is 289 g/mol. The molecule has 1 aromatic rings. The number of likely N-dealkylation sites (N-methyl/N-ethyl adjacent to an activating group) is 1. The number of ether oxygens (including phenoxy) is 1.